The first-order valence-electron chi connectivity index (χ1n) is 8.61. The average molecular weight is 353 g/mol. The Kier molecular flexibility index (Phi) is 9.79. The van der Waals surface area contributed by atoms with Crippen molar-refractivity contribution in [3.05, 3.63) is 5.82 Å². The van der Waals surface area contributed by atoms with Gasteiger partial charge in [0.1, 0.15) is 11.9 Å². The molecule has 0 spiro atoms. The molecule has 1 aromatic heterocycles. The van der Waals surface area contributed by atoms with Crippen LogP contribution in [0.4, 0.5) is 0 Å². The molecular weight excluding hydrogens is 326 g/mol. The lowest BCUT2D eigenvalue weighted by Crippen LogP contribution is -2.49. The number of aromatic nitrogens is 4. The maximum atomic E-state index is 12.2. The van der Waals surface area contributed by atoms with Gasteiger partial charge >= 0.3 is 0 Å². The number of nitrogens with zero attached hydrogens (tertiary/aromatic N) is 3. The molecule has 140 valence electrons. The molecule has 10 nitrogen and oxygen atoms in total. The third-order valence-electron chi connectivity index (χ3n) is 3.61. The summed E-state index contributed by atoms with van der Waals surface area (Å²) in [6.07, 6.45) is 5.60. The van der Waals surface area contributed by atoms with Gasteiger partial charge in [0.2, 0.25) is 17.7 Å². The van der Waals surface area contributed by atoms with Crippen molar-refractivity contribution in [1.29, 1.82) is 0 Å². The summed E-state index contributed by atoms with van der Waals surface area (Å²) in [5.41, 5.74) is 5.17. The van der Waals surface area contributed by atoms with Crippen molar-refractivity contribution < 1.29 is 14.4 Å². The SMILES string of the molecule is CCCCCCCC(=O)N[C@H](CC(N)=O)C(=O)NCCc1nnn[nH]1. The Labute approximate surface area is 146 Å². The fourth-order valence-corrected chi connectivity index (χ4v) is 2.28. The molecule has 1 aromatic rings. The molecule has 0 radical (unpaired) electrons. The van der Waals surface area contributed by atoms with Crippen LogP contribution in [0, 0.1) is 0 Å². The second kappa shape index (κ2) is 11.9. The van der Waals surface area contributed by atoms with Crippen molar-refractivity contribution in [2.75, 3.05) is 6.54 Å². The zero-order valence-corrected chi connectivity index (χ0v) is 14.6. The number of aromatic amines is 1. The normalized spacial score (nSPS) is 11.7. The Morgan fingerprint density at radius 3 is 2.60 bits per heavy atom. The third kappa shape index (κ3) is 9.38. The van der Waals surface area contributed by atoms with Gasteiger partial charge in [-0.25, -0.2) is 5.10 Å². The molecule has 0 unspecified atom stereocenters. The summed E-state index contributed by atoms with van der Waals surface area (Å²) in [5, 5.41) is 18.4. The van der Waals surface area contributed by atoms with Crippen LogP contribution in [0.25, 0.3) is 0 Å². The number of tetrazole rings is 1. The summed E-state index contributed by atoms with van der Waals surface area (Å²) >= 11 is 0. The minimum Gasteiger partial charge on any atom is -0.370 e. The summed E-state index contributed by atoms with van der Waals surface area (Å²) in [4.78, 5) is 35.3. The van der Waals surface area contributed by atoms with Crippen LogP contribution in [0.3, 0.4) is 0 Å². The number of carbonyl (C=O) groups is 3. The highest BCUT2D eigenvalue weighted by Gasteiger charge is 2.22. The summed E-state index contributed by atoms with van der Waals surface area (Å²) < 4.78 is 0. The third-order valence-corrected chi connectivity index (χ3v) is 3.61. The van der Waals surface area contributed by atoms with E-state index < -0.39 is 17.9 Å². The summed E-state index contributed by atoms with van der Waals surface area (Å²) in [6.45, 7) is 2.40. The topological polar surface area (TPSA) is 156 Å². The van der Waals surface area contributed by atoms with E-state index in [2.05, 4.69) is 38.2 Å². The second-order valence-electron chi connectivity index (χ2n) is 5.84. The first-order valence-corrected chi connectivity index (χ1v) is 8.61. The molecule has 0 aliphatic rings. The lowest BCUT2D eigenvalue weighted by atomic mass is 10.1. The number of nitrogens with two attached hydrogens (primary N) is 1. The molecule has 10 heteroatoms. The zero-order chi connectivity index (χ0) is 18.5. The minimum absolute atomic E-state index is 0.239. The zero-order valence-electron chi connectivity index (χ0n) is 14.6. The highest BCUT2D eigenvalue weighted by molar-refractivity contribution is 5.91. The number of hydrogen-bond donors (Lipinski definition) is 4. The molecule has 0 fully saturated rings. The standard InChI is InChI=1S/C15H27N7O3/c1-2-3-4-5-6-7-14(24)18-11(10-12(16)23)15(25)17-9-8-13-19-21-22-20-13/h11H,2-10H2,1H3,(H2,16,23)(H,17,25)(H,18,24)(H,19,20,21,22)/t11-/m1/s1. The minimum atomic E-state index is -0.964. The van der Waals surface area contributed by atoms with E-state index >= 15 is 0 Å². The quantitative estimate of drug-likeness (QED) is 0.353. The first-order chi connectivity index (χ1) is 12.0. The van der Waals surface area contributed by atoms with Gasteiger partial charge in [0.05, 0.1) is 6.42 Å². The van der Waals surface area contributed by atoms with Crippen molar-refractivity contribution in [2.24, 2.45) is 5.73 Å². The molecule has 0 aliphatic heterocycles. The monoisotopic (exact) mass is 353 g/mol. The van der Waals surface area contributed by atoms with E-state index in [1.165, 1.54) is 0 Å². The van der Waals surface area contributed by atoms with E-state index in [1.807, 2.05) is 0 Å². The number of unbranched alkanes of at least 4 members (excludes halogenated alkanes) is 4. The predicted octanol–water partition coefficient (Wildman–Crippen LogP) is -0.421. The van der Waals surface area contributed by atoms with Crippen LogP contribution in [0.1, 0.15) is 57.7 Å². The molecule has 1 atom stereocenters. The summed E-state index contributed by atoms with van der Waals surface area (Å²) in [7, 11) is 0. The summed E-state index contributed by atoms with van der Waals surface area (Å²) in [5.74, 6) is -0.825. The van der Waals surface area contributed by atoms with Gasteiger partial charge < -0.3 is 16.4 Å². The van der Waals surface area contributed by atoms with Gasteiger partial charge in [-0.05, 0) is 16.8 Å². The van der Waals surface area contributed by atoms with E-state index in [4.69, 9.17) is 5.73 Å². The molecular formula is C15H27N7O3. The van der Waals surface area contributed by atoms with Crippen LogP contribution in [0.5, 0.6) is 0 Å². The van der Waals surface area contributed by atoms with E-state index in [0.29, 0.717) is 18.7 Å². The van der Waals surface area contributed by atoms with Crippen LogP contribution in [0.15, 0.2) is 0 Å². The van der Waals surface area contributed by atoms with Crippen LogP contribution >= 0.6 is 0 Å². The number of hydrogen-bond acceptors (Lipinski definition) is 6. The van der Waals surface area contributed by atoms with Crippen LogP contribution in [0.2, 0.25) is 0 Å². The number of primary amides is 1. The Morgan fingerprint density at radius 2 is 1.96 bits per heavy atom. The molecule has 1 rings (SSSR count). The highest BCUT2D eigenvalue weighted by atomic mass is 16.2. The molecule has 0 saturated carbocycles. The van der Waals surface area contributed by atoms with Crippen molar-refractivity contribution >= 4 is 17.7 Å². The van der Waals surface area contributed by atoms with E-state index in [9.17, 15) is 14.4 Å². The van der Waals surface area contributed by atoms with Crippen LogP contribution in [-0.2, 0) is 20.8 Å². The van der Waals surface area contributed by atoms with Gasteiger partial charge in [-0.15, -0.1) is 5.10 Å². The molecule has 3 amide bonds. The fraction of sp³-hybridized carbons (Fsp3) is 0.733. The number of carbonyl (C=O) groups excluding carboxylic acids is 3. The number of nitrogens with one attached hydrogen (secondary N) is 3. The molecule has 5 N–H and O–H groups in total. The van der Waals surface area contributed by atoms with Gasteiger partial charge in [-0.2, -0.15) is 0 Å². The van der Waals surface area contributed by atoms with Gasteiger partial charge in [0.25, 0.3) is 0 Å². The number of H-pyrrole nitrogens is 1. The maximum Gasteiger partial charge on any atom is 0.243 e. The molecule has 1 heterocycles. The fourth-order valence-electron chi connectivity index (χ4n) is 2.28. The molecule has 25 heavy (non-hydrogen) atoms. The molecule has 0 bridgehead atoms. The lowest BCUT2D eigenvalue weighted by Gasteiger charge is -2.17. The maximum absolute atomic E-state index is 12.2. The van der Waals surface area contributed by atoms with E-state index in [-0.39, 0.29) is 18.9 Å². The van der Waals surface area contributed by atoms with Crippen molar-refractivity contribution in [3.63, 3.8) is 0 Å². The van der Waals surface area contributed by atoms with Gasteiger partial charge in [0.15, 0.2) is 0 Å². The van der Waals surface area contributed by atoms with Crippen LogP contribution < -0.4 is 16.4 Å². The van der Waals surface area contributed by atoms with Crippen LogP contribution in [-0.4, -0.2) is 50.9 Å². The number of amides is 3. The van der Waals surface area contributed by atoms with E-state index in [1.54, 1.807) is 0 Å². The molecule has 0 aromatic carbocycles. The lowest BCUT2D eigenvalue weighted by molar-refractivity contribution is -0.131. The second-order valence-corrected chi connectivity index (χ2v) is 5.84. The number of rotatable bonds is 13. The molecule has 0 saturated heterocycles. The highest BCUT2D eigenvalue weighted by Crippen LogP contribution is 2.05. The van der Waals surface area contributed by atoms with Gasteiger partial charge in [-0.1, -0.05) is 32.6 Å². The predicted molar refractivity (Wildman–Crippen MR) is 90.0 cm³/mol. The molecule has 0 aliphatic carbocycles. The first kappa shape index (κ1) is 20.5. The Morgan fingerprint density at radius 1 is 1.20 bits per heavy atom. The van der Waals surface area contributed by atoms with Gasteiger partial charge in [-0.3, -0.25) is 14.4 Å². The average Bonchev–Trinajstić information content (AvgIpc) is 3.07. The van der Waals surface area contributed by atoms with Crippen molar-refractivity contribution in [3.8, 4) is 0 Å². The van der Waals surface area contributed by atoms with Crippen molar-refractivity contribution in [2.45, 2.75) is 64.3 Å². The Balaban J connectivity index is 2.36. The van der Waals surface area contributed by atoms with E-state index in [0.717, 1.165) is 32.1 Å². The van der Waals surface area contributed by atoms with Gasteiger partial charge in [0, 0.05) is 19.4 Å². The summed E-state index contributed by atoms with van der Waals surface area (Å²) in [6, 6.07) is -0.964. The Bertz CT molecular complexity index is 533. The smallest absolute Gasteiger partial charge is 0.243 e. The Hall–Kier alpha value is -2.52. The largest absolute Gasteiger partial charge is 0.370 e. The van der Waals surface area contributed by atoms with Crippen molar-refractivity contribution in [1.82, 2.24) is 31.3 Å².